The molecule has 1 aliphatic heterocycles. The molecular weight excluding hydrogens is 547 g/mol. The lowest BCUT2D eigenvalue weighted by atomic mass is 9.73. The molecule has 0 amide bonds. The Labute approximate surface area is 256 Å². The SMILES string of the molecule is CC.CC(=O)O.CCC1CC[NH+](Cc2cnc([C@](O)(c3ccccc3)C3CCCCC3)o2)CC1COc1cccc(F)c1. The summed E-state index contributed by atoms with van der Waals surface area (Å²) in [6.07, 6.45) is 9.48. The Balaban J connectivity index is 0.000000780. The lowest BCUT2D eigenvalue weighted by molar-refractivity contribution is -0.924. The topological polar surface area (TPSA) is 97.2 Å². The predicted molar refractivity (Wildman–Crippen MR) is 165 cm³/mol. The van der Waals surface area contributed by atoms with Crippen LogP contribution in [0.25, 0.3) is 0 Å². The summed E-state index contributed by atoms with van der Waals surface area (Å²) >= 11 is 0. The number of aromatic nitrogens is 1. The monoisotopic (exact) mass is 597 g/mol. The van der Waals surface area contributed by atoms with E-state index in [2.05, 4.69) is 11.9 Å². The zero-order chi connectivity index (χ0) is 31.2. The fourth-order valence-electron chi connectivity index (χ4n) is 6.48. The first kappa shape index (κ1) is 34.3. The Morgan fingerprint density at radius 2 is 1.77 bits per heavy atom. The summed E-state index contributed by atoms with van der Waals surface area (Å²) < 4.78 is 25.9. The molecular formula is C35H50FN2O5+. The molecule has 3 N–H and O–H groups in total. The van der Waals surface area contributed by atoms with Crippen LogP contribution in [0.5, 0.6) is 5.75 Å². The van der Waals surface area contributed by atoms with Crippen LogP contribution in [0.2, 0.25) is 0 Å². The largest absolute Gasteiger partial charge is 0.493 e. The lowest BCUT2D eigenvalue weighted by Crippen LogP contribution is -3.12. The minimum atomic E-state index is -1.20. The highest BCUT2D eigenvalue weighted by atomic mass is 19.1. The van der Waals surface area contributed by atoms with Crippen molar-refractivity contribution >= 4 is 5.97 Å². The fraction of sp³-hybridized carbons (Fsp3) is 0.543. The Kier molecular flexibility index (Phi) is 13.7. The molecule has 2 aliphatic rings. The van der Waals surface area contributed by atoms with Crippen molar-refractivity contribution in [3.8, 4) is 5.75 Å². The van der Waals surface area contributed by atoms with Gasteiger partial charge in [0.2, 0.25) is 5.89 Å². The number of ether oxygens (including phenoxy) is 1. The smallest absolute Gasteiger partial charge is 0.300 e. The molecule has 1 aliphatic carbocycles. The number of carboxylic acid groups (broad SMARTS) is 1. The third-order valence-corrected chi connectivity index (χ3v) is 8.58. The maximum Gasteiger partial charge on any atom is 0.300 e. The van der Waals surface area contributed by atoms with Gasteiger partial charge in [-0.1, -0.05) is 82.9 Å². The van der Waals surface area contributed by atoms with Gasteiger partial charge in [0.05, 0.1) is 25.9 Å². The number of nitrogens with one attached hydrogen (secondary N) is 1. The van der Waals surface area contributed by atoms with Crippen LogP contribution in [0.15, 0.2) is 65.2 Å². The second kappa shape index (κ2) is 17.2. The summed E-state index contributed by atoms with van der Waals surface area (Å²) in [5.41, 5.74) is -0.341. The number of nitrogens with zero attached hydrogens (tertiary/aromatic N) is 1. The van der Waals surface area contributed by atoms with Gasteiger partial charge in [-0.3, -0.25) is 4.79 Å². The molecule has 0 spiro atoms. The van der Waals surface area contributed by atoms with Crippen LogP contribution in [-0.2, 0) is 16.9 Å². The number of piperidine rings is 1. The molecule has 236 valence electrons. The number of carboxylic acids is 1. The molecule has 1 saturated carbocycles. The molecule has 2 aromatic carbocycles. The maximum atomic E-state index is 13.6. The predicted octanol–water partition coefficient (Wildman–Crippen LogP) is 6.26. The summed E-state index contributed by atoms with van der Waals surface area (Å²) in [4.78, 5) is 15.1. The van der Waals surface area contributed by atoms with Crippen LogP contribution in [0.3, 0.4) is 0 Å². The van der Waals surface area contributed by atoms with Crippen molar-refractivity contribution in [3.05, 3.63) is 83.8 Å². The first-order valence-corrected chi connectivity index (χ1v) is 15.9. The molecule has 0 bridgehead atoms. The van der Waals surface area contributed by atoms with E-state index >= 15 is 0 Å². The summed E-state index contributed by atoms with van der Waals surface area (Å²) in [6, 6.07) is 16.3. The summed E-state index contributed by atoms with van der Waals surface area (Å²) in [7, 11) is 0. The number of oxazole rings is 1. The minimum Gasteiger partial charge on any atom is -0.493 e. The van der Waals surface area contributed by atoms with Crippen molar-refractivity contribution in [1.82, 2.24) is 4.98 Å². The molecule has 43 heavy (non-hydrogen) atoms. The normalized spacial score (nSPS) is 21.8. The number of hydrogen-bond acceptors (Lipinski definition) is 5. The van der Waals surface area contributed by atoms with Gasteiger partial charge in [0.1, 0.15) is 18.1 Å². The Hall–Kier alpha value is -3.23. The van der Waals surface area contributed by atoms with Crippen LogP contribution in [0.4, 0.5) is 4.39 Å². The van der Waals surface area contributed by atoms with E-state index in [0.717, 1.165) is 76.4 Å². The summed E-state index contributed by atoms with van der Waals surface area (Å²) in [5.74, 6) is 1.81. The van der Waals surface area contributed by atoms with Crippen molar-refractivity contribution < 1.29 is 33.5 Å². The number of likely N-dealkylation sites (tertiary alicyclic amines) is 1. The van der Waals surface area contributed by atoms with Crippen LogP contribution >= 0.6 is 0 Å². The number of rotatable bonds is 9. The Morgan fingerprint density at radius 1 is 1.07 bits per heavy atom. The van der Waals surface area contributed by atoms with Crippen LogP contribution in [0.1, 0.15) is 89.9 Å². The summed E-state index contributed by atoms with van der Waals surface area (Å²) in [6.45, 7) is 10.7. The Bertz CT molecular complexity index is 1230. The van der Waals surface area contributed by atoms with E-state index in [9.17, 15) is 9.50 Å². The van der Waals surface area contributed by atoms with Gasteiger partial charge < -0.3 is 24.3 Å². The molecule has 3 aromatic rings. The third-order valence-electron chi connectivity index (χ3n) is 8.58. The molecule has 1 aromatic heterocycles. The van der Waals surface area contributed by atoms with Crippen molar-refractivity contribution in [1.29, 1.82) is 0 Å². The average molecular weight is 598 g/mol. The van der Waals surface area contributed by atoms with Gasteiger partial charge in [-0.15, -0.1) is 0 Å². The number of aliphatic hydroxyl groups is 1. The second-order valence-electron chi connectivity index (χ2n) is 11.5. The molecule has 5 rings (SSSR count). The van der Waals surface area contributed by atoms with Gasteiger partial charge in [-0.05, 0) is 42.9 Å². The number of benzene rings is 2. The second-order valence-corrected chi connectivity index (χ2v) is 11.5. The first-order valence-electron chi connectivity index (χ1n) is 15.9. The maximum absolute atomic E-state index is 13.6. The molecule has 0 radical (unpaired) electrons. The van der Waals surface area contributed by atoms with Crippen molar-refractivity contribution in [2.45, 2.75) is 84.8 Å². The highest BCUT2D eigenvalue weighted by Gasteiger charge is 2.45. The third kappa shape index (κ3) is 9.63. The van der Waals surface area contributed by atoms with Gasteiger partial charge in [0.15, 0.2) is 11.4 Å². The van der Waals surface area contributed by atoms with E-state index < -0.39 is 11.6 Å². The number of quaternary nitrogens is 1. The number of carbonyl (C=O) groups is 1. The van der Waals surface area contributed by atoms with Crippen LogP contribution in [-0.4, -0.2) is 40.9 Å². The fourth-order valence-corrected chi connectivity index (χ4v) is 6.48. The van der Waals surface area contributed by atoms with Gasteiger partial charge >= 0.3 is 0 Å². The van der Waals surface area contributed by atoms with E-state index in [4.69, 9.17) is 19.1 Å². The summed E-state index contributed by atoms with van der Waals surface area (Å²) in [5, 5.41) is 19.5. The lowest BCUT2D eigenvalue weighted by Gasteiger charge is -2.36. The average Bonchev–Trinajstić information content (AvgIpc) is 3.50. The number of aliphatic carboxylic acids is 1. The number of hydrogen-bond donors (Lipinski definition) is 3. The van der Waals surface area contributed by atoms with E-state index in [1.54, 1.807) is 6.07 Å². The van der Waals surface area contributed by atoms with Gasteiger partial charge in [0, 0.05) is 24.8 Å². The molecule has 2 fully saturated rings. The van der Waals surface area contributed by atoms with E-state index in [0.29, 0.717) is 30.1 Å². The molecule has 1 saturated heterocycles. The van der Waals surface area contributed by atoms with Crippen LogP contribution in [0, 0.1) is 23.6 Å². The van der Waals surface area contributed by atoms with E-state index in [-0.39, 0.29) is 11.7 Å². The molecule has 2 heterocycles. The zero-order valence-corrected chi connectivity index (χ0v) is 26.2. The van der Waals surface area contributed by atoms with Crippen molar-refractivity contribution in [3.63, 3.8) is 0 Å². The molecule has 4 atom stereocenters. The minimum absolute atomic E-state index is 0.104. The van der Waals surface area contributed by atoms with Crippen molar-refractivity contribution in [2.75, 3.05) is 19.7 Å². The molecule has 8 heteroatoms. The number of halogens is 1. The van der Waals surface area contributed by atoms with E-state index in [1.165, 1.54) is 23.5 Å². The molecule has 3 unspecified atom stereocenters. The van der Waals surface area contributed by atoms with Gasteiger partial charge in [-0.2, -0.15) is 0 Å². The highest BCUT2D eigenvalue weighted by molar-refractivity contribution is 5.62. The highest BCUT2D eigenvalue weighted by Crippen LogP contribution is 2.43. The van der Waals surface area contributed by atoms with Gasteiger partial charge in [-0.25, -0.2) is 9.37 Å². The van der Waals surface area contributed by atoms with Gasteiger partial charge in [0.25, 0.3) is 5.97 Å². The quantitative estimate of drug-likeness (QED) is 0.270. The standard InChI is InChI=1S/C31H39FN2O3.C2H4O2.C2H6/c1-2-23-16-17-34(20-24(23)22-36-28-15-9-14-27(32)18-28)21-29-19-33-30(37-29)31(35,25-10-5-3-6-11-25)26-12-7-4-8-13-26;1-2(3)4;1-2/h3,5-6,9-11,14-15,18-19,23-24,26,35H,2,4,7-8,12-13,16-17,20-22H2,1H3;1H3,(H,3,4);1-2H3/p+1/t23?,24?,31-;;/m0../s1. The molecule has 7 nitrogen and oxygen atoms in total. The zero-order valence-electron chi connectivity index (χ0n) is 26.2. The Morgan fingerprint density at radius 3 is 2.42 bits per heavy atom. The van der Waals surface area contributed by atoms with E-state index in [1.807, 2.05) is 56.4 Å². The van der Waals surface area contributed by atoms with Crippen molar-refractivity contribution in [2.24, 2.45) is 17.8 Å². The first-order chi connectivity index (χ1) is 20.8. The van der Waals surface area contributed by atoms with Crippen LogP contribution < -0.4 is 9.64 Å².